The van der Waals surface area contributed by atoms with Crippen molar-refractivity contribution in [2.45, 2.75) is 165 Å². The summed E-state index contributed by atoms with van der Waals surface area (Å²) in [4.78, 5) is -0.506. The third-order valence-corrected chi connectivity index (χ3v) is 11.9. The molecular weight excluding hydrogens is 809 g/mol. The van der Waals surface area contributed by atoms with E-state index < -0.39 is 20.2 Å². The van der Waals surface area contributed by atoms with E-state index in [1.165, 1.54) is 188 Å². The summed E-state index contributed by atoms with van der Waals surface area (Å²) < 4.78 is 77.1. The van der Waals surface area contributed by atoms with Gasteiger partial charge in [0.1, 0.15) is 43.2 Å². The van der Waals surface area contributed by atoms with Gasteiger partial charge < -0.3 is 18.6 Å². The maximum absolute atomic E-state index is 11.0. The molecule has 0 amide bonds. The molecule has 0 saturated heterocycles. The smallest absolute Gasteiger partial charge is 0.744 e. The average molecular weight is 875 g/mol. The standard InChI is InChI=1S/2C24H34O4S.Ca/c2*1-2-3-4-5-6-7-8-9-10-11-12-21-13-15-22(16-14-21)28-23-17-19-24(20-18-23)29(25,26)27;/h2*13-20H,2-12H2,1H3,(H,25,26,27);/q;;+2/p-2. The minimum atomic E-state index is -4.43. The molecule has 0 N–H and O–H groups in total. The van der Waals surface area contributed by atoms with Gasteiger partial charge in [0.05, 0.1) is 9.79 Å². The molecule has 4 aromatic rings. The van der Waals surface area contributed by atoms with E-state index in [1.54, 1.807) is 0 Å². The topological polar surface area (TPSA) is 133 Å². The zero-order chi connectivity index (χ0) is 41.9. The van der Waals surface area contributed by atoms with Crippen molar-refractivity contribution in [3.05, 3.63) is 108 Å². The van der Waals surface area contributed by atoms with Gasteiger partial charge in [0.2, 0.25) is 0 Å². The van der Waals surface area contributed by atoms with Crippen molar-refractivity contribution in [1.29, 1.82) is 0 Å². The van der Waals surface area contributed by atoms with E-state index in [2.05, 4.69) is 38.1 Å². The summed E-state index contributed by atoms with van der Waals surface area (Å²) in [5, 5.41) is 0. The molecule has 0 saturated carbocycles. The number of aryl methyl sites for hydroxylation is 2. The molecule has 0 aliphatic rings. The SMILES string of the molecule is CCCCCCCCCCCCc1ccc(Oc2ccc(S(=O)(=O)[O-])cc2)cc1.CCCCCCCCCCCCc1ccc(Oc2ccc(S(=O)(=O)[O-])cc2)cc1.[Ca+2]. The normalized spacial score (nSPS) is 11.3. The molecule has 0 bridgehead atoms. The summed E-state index contributed by atoms with van der Waals surface area (Å²) in [6.07, 6.45) is 29.0. The number of hydrogen-bond donors (Lipinski definition) is 0. The Labute approximate surface area is 386 Å². The van der Waals surface area contributed by atoms with Gasteiger partial charge in [-0.05, 0) is 110 Å². The first kappa shape index (κ1) is 52.7. The maximum atomic E-state index is 11.0. The van der Waals surface area contributed by atoms with Gasteiger partial charge in [-0.25, -0.2) is 16.8 Å². The zero-order valence-corrected chi connectivity index (χ0v) is 39.4. The molecule has 4 aromatic carbocycles. The van der Waals surface area contributed by atoms with Crippen LogP contribution in [0.3, 0.4) is 0 Å². The summed E-state index contributed by atoms with van der Waals surface area (Å²) in [5.74, 6) is 2.38. The Morgan fingerprint density at radius 1 is 0.356 bits per heavy atom. The molecule has 0 aliphatic carbocycles. The molecule has 0 unspecified atom stereocenters. The second-order valence-corrected chi connectivity index (χ2v) is 18.0. The Bertz CT molecular complexity index is 1740. The van der Waals surface area contributed by atoms with Gasteiger partial charge in [-0.15, -0.1) is 0 Å². The predicted octanol–water partition coefficient (Wildman–Crippen LogP) is 13.3. The van der Waals surface area contributed by atoms with Gasteiger partial charge in [0, 0.05) is 0 Å². The largest absolute Gasteiger partial charge is 2.00 e. The predicted molar refractivity (Wildman–Crippen MR) is 239 cm³/mol. The van der Waals surface area contributed by atoms with Crippen LogP contribution in [0.2, 0.25) is 0 Å². The van der Waals surface area contributed by atoms with E-state index in [0.29, 0.717) is 23.0 Å². The van der Waals surface area contributed by atoms with Crippen LogP contribution in [0.1, 0.15) is 153 Å². The minimum absolute atomic E-state index is 0. The molecule has 0 aromatic heterocycles. The van der Waals surface area contributed by atoms with Gasteiger partial charge in [-0.2, -0.15) is 0 Å². The van der Waals surface area contributed by atoms with Crippen molar-refractivity contribution >= 4 is 58.0 Å². The van der Waals surface area contributed by atoms with Crippen LogP contribution >= 0.6 is 0 Å². The van der Waals surface area contributed by atoms with Gasteiger partial charge >= 0.3 is 37.7 Å². The molecule has 320 valence electrons. The quantitative estimate of drug-likeness (QED) is 0.0313. The Morgan fingerprint density at radius 2 is 0.576 bits per heavy atom. The van der Waals surface area contributed by atoms with Crippen molar-refractivity contribution in [3.63, 3.8) is 0 Å². The first-order valence-corrected chi connectivity index (χ1v) is 24.4. The van der Waals surface area contributed by atoms with Gasteiger partial charge in [-0.3, -0.25) is 0 Å². The Kier molecular flexibility index (Phi) is 27.3. The van der Waals surface area contributed by atoms with Crippen LogP contribution in [-0.4, -0.2) is 63.7 Å². The van der Waals surface area contributed by atoms with Gasteiger partial charge in [-0.1, -0.05) is 154 Å². The first-order chi connectivity index (χ1) is 28.0. The molecule has 0 heterocycles. The Morgan fingerprint density at radius 3 is 0.814 bits per heavy atom. The van der Waals surface area contributed by atoms with Gasteiger partial charge in [0.25, 0.3) is 0 Å². The van der Waals surface area contributed by atoms with Crippen LogP contribution in [0, 0.1) is 0 Å². The summed E-state index contributed by atoms with van der Waals surface area (Å²) in [7, 11) is -8.85. The Balaban J connectivity index is 0.000000400. The van der Waals surface area contributed by atoms with Crippen LogP contribution in [0.25, 0.3) is 0 Å². The summed E-state index contributed by atoms with van der Waals surface area (Å²) in [5.41, 5.74) is 2.59. The number of unbranched alkanes of at least 4 members (excludes halogenated alkanes) is 18. The van der Waals surface area contributed by atoms with E-state index in [9.17, 15) is 25.9 Å². The molecule has 0 fully saturated rings. The second kappa shape index (κ2) is 30.6. The molecule has 8 nitrogen and oxygen atoms in total. The van der Waals surface area contributed by atoms with E-state index in [4.69, 9.17) is 9.47 Å². The second-order valence-electron chi connectivity index (χ2n) is 15.2. The zero-order valence-electron chi connectivity index (χ0n) is 35.6. The first-order valence-electron chi connectivity index (χ1n) is 21.6. The summed E-state index contributed by atoms with van der Waals surface area (Å²) in [6.45, 7) is 4.51. The van der Waals surface area contributed by atoms with Crippen LogP contribution in [-0.2, 0) is 33.1 Å². The Hall–Kier alpha value is -2.44. The third kappa shape index (κ3) is 24.0. The molecule has 59 heavy (non-hydrogen) atoms. The van der Waals surface area contributed by atoms with E-state index >= 15 is 0 Å². The minimum Gasteiger partial charge on any atom is -0.744 e. The molecule has 0 spiro atoms. The van der Waals surface area contributed by atoms with Crippen molar-refractivity contribution in [3.8, 4) is 23.0 Å². The maximum Gasteiger partial charge on any atom is 2.00 e. The number of hydrogen-bond acceptors (Lipinski definition) is 8. The molecular formula is C48H66CaO8S2. The number of benzene rings is 4. The molecule has 0 radical (unpaired) electrons. The van der Waals surface area contributed by atoms with Crippen LogP contribution in [0.4, 0.5) is 0 Å². The van der Waals surface area contributed by atoms with Crippen LogP contribution < -0.4 is 9.47 Å². The molecule has 0 aliphatic heterocycles. The van der Waals surface area contributed by atoms with Crippen molar-refractivity contribution in [2.75, 3.05) is 0 Å². The van der Waals surface area contributed by atoms with Crippen LogP contribution in [0.5, 0.6) is 23.0 Å². The van der Waals surface area contributed by atoms with Gasteiger partial charge in [0.15, 0.2) is 0 Å². The molecule has 11 heteroatoms. The summed E-state index contributed by atoms with van der Waals surface area (Å²) >= 11 is 0. The number of ether oxygens (including phenoxy) is 2. The monoisotopic (exact) mass is 874 g/mol. The fraction of sp³-hybridized carbons (Fsp3) is 0.500. The van der Waals surface area contributed by atoms with E-state index in [0.717, 1.165) is 12.8 Å². The van der Waals surface area contributed by atoms with E-state index in [-0.39, 0.29) is 47.5 Å². The molecule has 0 atom stereocenters. The molecule has 4 rings (SSSR count). The van der Waals surface area contributed by atoms with Crippen LogP contribution in [0.15, 0.2) is 107 Å². The van der Waals surface area contributed by atoms with Crippen molar-refractivity contribution in [1.82, 2.24) is 0 Å². The van der Waals surface area contributed by atoms with Crippen molar-refractivity contribution < 1.29 is 35.4 Å². The fourth-order valence-corrected chi connectivity index (χ4v) is 7.64. The van der Waals surface area contributed by atoms with E-state index in [1.807, 2.05) is 24.3 Å². The third-order valence-electron chi connectivity index (χ3n) is 10.2. The number of rotatable bonds is 28. The van der Waals surface area contributed by atoms with Crippen molar-refractivity contribution in [2.24, 2.45) is 0 Å². The summed E-state index contributed by atoms with van der Waals surface area (Å²) in [6, 6.07) is 27.0. The fourth-order valence-electron chi connectivity index (χ4n) is 6.70. The average Bonchev–Trinajstić information content (AvgIpc) is 3.20.